The zero-order chi connectivity index (χ0) is 14.1. The molecule has 1 saturated heterocycles. The molecule has 0 spiro atoms. The number of ether oxygens (including phenoxy) is 1. The van der Waals surface area contributed by atoms with Gasteiger partial charge >= 0.3 is 0 Å². The van der Waals surface area contributed by atoms with Gasteiger partial charge in [0, 0.05) is 0 Å². The number of hydrogen-bond acceptors (Lipinski definition) is 1. The van der Waals surface area contributed by atoms with Crippen molar-refractivity contribution < 1.29 is 4.74 Å². The molecule has 1 aromatic rings. The van der Waals surface area contributed by atoms with Crippen molar-refractivity contribution in [1.82, 2.24) is 0 Å². The Morgan fingerprint density at radius 1 is 1.05 bits per heavy atom. The molecule has 19 heavy (non-hydrogen) atoms. The van der Waals surface area contributed by atoms with Crippen molar-refractivity contribution in [3.05, 3.63) is 35.9 Å². The molecule has 1 nitrogen and oxygen atoms in total. The van der Waals surface area contributed by atoms with Gasteiger partial charge in [0.2, 0.25) is 0 Å². The first-order chi connectivity index (χ1) is 8.73. The van der Waals surface area contributed by atoms with Crippen molar-refractivity contribution in [2.24, 2.45) is 5.41 Å². The van der Waals surface area contributed by atoms with Crippen molar-refractivity contribution in [3.63, 3.8) is 0 Å². The average Bonchev–Trinajstić information content (AvgIpc) is 2.64. The molecule has 2 rings (SSSR count). The van der Waals surface area contributed by atoms with Crippen LogP contribution in [-0.2, 0) is 10.3 Å². The molecule has 0 saturated carbocycles. The van der Waals surface area contributed by atoms with Crippen molar-refractivity contribution >= 4 is 0 Å². The molecular weight excluding hydrogens is 232 g/mol. The highest BCUT2D eigenvalue weighted by molar-refractivity contribution is 5.24. The molecule has 1 aliphatic rings. The number of rotatable bonds is 3. The monoisotopic (exact) mass is 260 g/mol. The standard InChI is InChI=1S/C18H28O/c1-16(2,3)11-13-18(14-12-17(4,5)19-18)15-9-7-6-8-10-15/h6-10H,11-14H2,1-5H3. The summed E-state index contributed by atoms with van der Waals surface area (Å²) in [4.78, 5) is 0. The molecule has 0 aromatic heterocycles. The van der Waals surface area contributed by atoms with Crippen LogP contribution in [0.4, 0.5) is 0 Å². The van der Waals surface area contributed by atoms with Gasteiger partial charge in [0.1, 0.15) is 0 Å². The van der Waals surface area contributed by atoms with Gasteiger partial charge < -0.3 is 4.74 Å². The van der Waals surface area contributed by atoms with Crippen molar-refractivity contribution in [1.29, 1.82) is 0 Å². The summed E-state index contributed by atoms with van der Waals surface area (Å²) in [5.41, 5.74) is 1.65. The lowest BCUT2D eigenvalue weighted by molar-refractivity contribution is -0.0987. The quantitative estimate of drug-likeness (QED) is 0.717. The van der Waals surface area contributed by atoms with E-state index in [0.717, 1.165) is 19.3 Å². The summed E-state index contributed by atoms with van der Waals surface area (Å²) in [5.74, 6) is 0. The van der Waals surface area contributed by atoms with Crippen molar-refractivity contribution in [2.45, 2.75) is 71.5 Å². The maximum Gasteiger partial charge on any atom is 0.0939 e. The Morgan fingerprint density at radius 2 is 1.68 bits per heavy atom. The molecular formula is C18H28O. The molecule has 1 heterocycles. The third-order valence-electron chi connectivity index (χ3n) is 4.18. The summed E-state index contributed by atoms with van der Waals surface area (Å²) in [6.07, 6.45) is 4.59. The summed E-state index contributed by atoms with van der Waals surface area (Å²) in [5, 5.41) is 0. The van der Waals surface area contributed by atoms with Crippen LogP contribution in [0.3, 0.4) is 0 Å². The molecule has 1 atom stereocenters. The molecule has 0 amide bonds. The first-order valence-electron chi connectivity index (χ1n) is 7.48. The summed E-state index contributed by atoms with van der Waals surface area (Å²) in [7, 11) is 0. The van der Waals surface area contributed by atoms with E-state index in [2.05, 4.69) is 65.0 Å². The Labute approximate surface area is 118 Å². The predicted molar refractivity (Wildman–Crippen MR) is 81.2 cm³/mol. The van der Waals surface area contributed by atoms with Gasteiger partial charge in [0.15, 0.2) is 0 Å². The van der Waals surface area contributed by atoms with E-state index in [0.29, 0.717) is 5.41 Å². The fourth-order valence-electron chi connectivity index (χ4n) is 2.98. The highest BCUT2D eigenvalue weighted by Crippen LogP contribution is 2.48. The van der Waals surface area contributed by atoms with Gasteiger partial charge in [0.25, 0.3) is 0 Å². The van der Waals surface area contributed by atoms with E-state index < -0.39 is 0 Å². The van der Waals surface area contributed by atoms with E-state index in [1.54, 1.807) is 0 Å². The normalized spacial score (nSPS) is 26.6. The Balaban J connectivity index is 2.25. The SMILES string of the molecule is CC(C)(C)CCC1(c2ccccc2)CCC(C)(C)O1. The fraction of sp³-hybridized carbons (Fsp3) is 0.667. The number of benzene rings is 1. The largest absolute Gasteiger partial charge is 0.364 e. The second-order valence-corrected chi connectivity index (χ2v) is 7.78. The van der Waals surface area contributed by atoms with Crippen LogP contribution < -0.4 is 0 Å². The minimum atomic E-state index is -0.0714. The summed E-state index contributed by atoms with van der Waals surface area (Å²) < 4.78 is 6.52. The van der Waals surface area contributed by atoms with Gasteiger partial charge in [-0.25, -0.2) is 0 Å². The summed E-state index contributed by atoms with van der Waals surface area (Å²) >= 11 is 0. The Hall–Kier alpha value is -0.820. The Kier molecular flexibility index (Phi) is 3.79. The highest BCUT2D eigenvalue weighted by Gasteiger charge is 2.45. The van der Waals surface area contributed by atoms with E-state index in [-0.39, 0.29) is 11.2 Å². The molecule has 106 valence electrons. The van der Waals surface area contributed by atoms with E-state index in [1.807, 2.05) is 0 Å². The lowest BCUT2D eigenvalue weighted by Crippen LogP contribution is -2.31. The molecule has 1 aromatic carbocycles. The third kappa shape index (κ3) is 3.60. The lowest BCUT2D eigenvalue weighted by Gasteiger charge is -2.34. The number of hydrogen-bond donors (Lipinski definition) is 0. The van der Waals surface area contributed by atoms with Crippen molar-refractivity contribution in [2.75, 3.05) is 0 Å². The van der Waals surface area contributed by atoms with E-state index in [4.69, 9.17) is 4.74 Å². The first-order valence-corrected chi connectivity index (χ1v) is 7.48. The van der Waals surface area contributed by atoms with Crippen molar-refractivity contribution in [3.8, 4) is 0 Å². The van der Waals surface area contributed by atoms with E-state index in [1.165, 1.54) is 12.0 Å². The van der Waals surface area contributed by atoms with Crippen LogP contribution in [0.25, 0.3) is 0 Å². The average molecular weight is 260 g/mol. The van der Waals surface area contributed by atoms with Crippen LogP contribution >= 0.6 is 0 Å². The van der Waals surface area contributed by atoms with E-state index >= 15 is 0 Å². The Morgan fingerprint density at radius 3 is 2.16 bits per heavy atom. The second kappa shape index (κ2) is 4.94. The van der Waals surface area contributed by atoms with Gasteiger partial charge in [-0.15, -0.1) is 0 Å². The fourth-order valence-corrected chi connectivity index (χ4v) is 2.98. The lowest BCUT2D eigenvalue weighted by atomic mass is 9.80. The van der Waals surface area contributed by atoms with Gasteiger partial charge in [-0.2, -0.15) is 0 Å². The molecule has 1 heteroatoms. The van der Waals surface area contributed by atoms with Gasteiger partial charge in [-0.3, -0.25) is 0 Å². The molecule has 1 unspecified atom stereocenters. The zero-order valence-corrected chi connectivity index (χ0v) is 13.1. The zero-order valence-electron chi connectivity index (χ0n) is 13.1. The highest BCUT2D eigenvalue weighted by atomic mass is 16.5. The minimum absolute atomic E-state index is 0.00766. The molecule has 1 fully saturated rings. The van der Waals surface area contributed by atoms with Crippen LogP contribution in [0.15, 0.2) is 30.3 Å². The van der Waals surface area contributed by atoms with Gasteiger partial charge in [-0.05, 0) is 50.5 Å². The first kappa shape index (κ1) is 14.6. The maximum atomic E-state index is 6.52. The Bertz CT molecular complexity index is 413. The van der Waals surface area contributed by atoms with E-state index in [9.17, 15) is 0 Å². The van der Waals surface area contributed by atoms with Crippen LogP contribution in [0.2, 0.25) is 0 Å². The topological polar surface area (TPSA) is 9.23 Å². The van der Waals surface area contributed by atoms with Crippen LogP contribution in [0.5, 0.6) is 0 Å². The smallest absolute Gasteiger partial charge is 0.0939 e. The second-order valence-electron chi connectivity index (χ2n) is 7.78. The maximum absolute atomic E-state index is 6.52. The minimum Gasteiger partial charge on any atom is -0.364 e. The molecule has 0 bridgehead atoms. The molecule has 0 aliphatic carbocycles. The van der Waals surface area contributed by atoms with Gasteiger partial charge in [0.05, 0.1) is 11.2 Å². The van der Waals surface area contributed by atoms with Gasteiger partial charge in [-0.1, -0.05) is 51.1 Å². The summed E-state index contributed by atoms with van der Waals surface area (Å²) in [6, 6.07) is 10.8. The molecule has 1 aliphatic heterocycles. The molecule has 0 N–H and O–H groups in total. The summed E-state index contributed by atoms with van der Waals surface area (Å²) in [6.45, 7) is 11.4. The van der Waals surface area contributed by atoms with Crippen LogP contribution in [0.1, 0.15) is 65.9 Å². The van der Waals surface area contributed by atoms with Crippen LogP contribution in [0, 0.1) is 5.41 Å². The third-order valence-corrected chi connectivity index (χ3v) is 4.18. The van der Waals surface area contributed by atoms with Crippen LogP contribution in [-0.4, -0.2) is 5.60 Å². The predicted octanol–water partition coefficient (Wildman–Crippen LogP) is 5.30. The molecule has 0 radical (unpaired) electrons.